The van der Waals surface area contributed by atoms with Gasteiger partial charge in [-0.3, -0.25) is 9.59 Å². The van der Waals surface area contributed by atoms with Gasteiger partial charge < -0.3 is 15.0 Å². The van der Waals surface area contributed by atoms with Gasteiger partial charge in [0.15, 0.2) is 0 Å². The molecule has 1 aromatic heterocycles. The Hall–Kier alpha value is -2.51. The third kappa shape index (κ3) is 4.27. The van der Waals surface area contributed by atoms with Crippen LogP contribution in [0.2, 0.25) is 0 Å². The molecule has 24 heavy (non-hydrogen) atoms. The second-order valence-corrected chi connectivity index (χ2v) is 5.59. The monoisotopic (exact) mass is 342 g/mol. The van der Waals surface area contributed by atoms with Crippen LogP contribution in [-0.4, -0.2) is 33.8 Å². The van der Waals surface area contributed by atoms with E-state index < -0.39 is 24.1 Å². The van der Waals surface area contributed by atoms with Crippen molar-refractivity contribution < 1.29 is 27.9 Å². The van der Waals surface area contributed by atoms with Crippen LogP contribution in [0.3, 0.4) is 0 Å². The van der Waals surface area contributed by atoms with Crippen molar-refractivity contribution in [3.05, 3.63) is 36.0 Å². The Balaban J connectivity index is 2.23. The number of alkyl halides is 3. The van der Waals surface area contributed by atoms with Gasteiger partial charge in [0, 0.05) is 36.6 Å². The van der Waals surface area contributed by atoms with Crippen LogP contribution >= 0.6 is 0 Å². The number of nitrogens with one attached hydrogen (secondary N) is 1. The first-order valence-electron chi connectivity index (χ1n) is 7.31. The standard InChI is InChI=1S/C16H17F3N2O3/c1-21-9-10(12-4-2-3-5-13(12)21)8-11(6-7-14(22)23)20-15(24)16(17,18)19/h2-5,9,11H,6-8H2,1H3,(H,20,24)(H,22,23). The highest BCUT2D eigenvalue weighted by Crippen LogP contribution is 2.23. The number of fused-ring (bicyclic) bond motifs is 1. The number of amides is 1. The molecule has 1 aromatic carbocycles. The van der Waals surface area contributed by atoms with E-state index in [2.05, 4.69) is 0 Å². The summed E-state index contributed by atoms with van der Waals surface area (Å²) in [5.74, 6) is -3.18. The molecule has 0 bridgehead atoms. The van der Waals surface area contributed by atoms with Crippen molar-refractivity contribution in [3.63, 3.8) is 0 Å². The number of carbonyl (C=O) groups excluding carboxylic acids is 1. The lowest BCUT2D eigenvalue weighted by molar-refractivity contribution is -0.174. The van der Waals surface area contributed by atoms with E-state index in [9.17, 15) is 22.8 Å². The van der Waals surface area contributed by atoms with Gasteiger partial charge in [-0.15, -0.1) is 0 Å². The van der Waals surface area contributed by atoms with Gasteiger partial charge >= 0.3 is 18.1 Å². The molecule has 1 atom stereocenters. The molecule has 0 aliphatic heterocycles. The summed E-state index contributed by atoms with van der Waals surface area (Å²) < 4.78 is 39.3. The smallest absolute Gasteiger partial charge is 0.471 e. The first kappa shape index (κ1) is 17.8. The summed E-state index contributed by atoms with van der Waals surface area (Å²) in [6, 6.07) is 6.46. The molecular formula is C16H17F3N2O3. The minimum Gasteiger partial charge on any atom is -0.481 e. The van der Waals surface area contributed by atoms with Gasteiger partial charge in [-0.05, 0) is 24.5 Å². The number of carboxylic acids is 1. The second kappa shape index (κ2) is 6.94. The molecule has 130 valence electrons. The summed E-state index contributed by atoms with van der Waals surface area (Å²) in [6.07, 6.45) is -3.51. The van der Waals surface area contributed by atoms with Crippen LogP contribution in [0.15, 0.2) is 30.5 Å². The van der Waals surface area contributed by atoms with E-state index in [0.29, 0.717) is 0 Å². The lowest BCUT2D eigenvalue weighted by Crippen LogP contribution is -2.44. The lowest BCUT2D eigenvalue weighted by atomic mass is 10.0. The van der Waals surface area contributed by atoms with Gasteiger partial charge in [-0.25, -0.2) is 0 Å². The Morgan fingerprint density at radius 3 is 2.58 bits per heavy atom. The molecule has 0 spiro atoms. The van der Waals surface area contributed by atoms with E-state index in [1.807, 2.05) is 41.2 Å². The summed E-state index contributed by atoms with van der Waals surface area (Å²) in [4.78, 5) is 21.9. The van der Waals surface area contributed by atoms with Crippen LogP contribution in [0.4, 0.5) is 13.2 Å². The quantitative estimate of drug-likeness (QED) is 0.848. The molecule has 1 heterocycles. The molecule has 0 saturated heterocycles. The second-order valence-electron chi connectivity index (χ2n) is 5.59. The van der Waals surface area contributed by atoms with Gasteiger partial charge in [0.25, 0.3) is 0 Å². The van der Waals surface area contributed by atoms with Crippen LogP contribution in [0.5, 0.6) is 0 Å². The summed E-state index contributed by atoms with van der Waals surface area (Å²) in [6.45, 7) is 0. The van der Waals surface area contributed by atoms with Gasteiger partial charge in [0.2, 0.25) is 0 Å². The highest BCUT2D eigenvalue weighted by molar-refractivity contribution is 5.84. The molecular weight excluding hydrogens is 325 g/mol. The lowest BCUT2D eigenvalue weighted by Gasteiger charge is -2.18. The van der Waals surface area contributed by atoms with E-state index >= 15 is 0 Å². The minimum absolute atomic E-state index is 0.0830. The SMILES string of the molecule is Cn1cc(CC(CCC(=O)O)NC(=O)C(F)(F)F)c2ccccc21. The van der Waals surface area contributed by atoms with Crippen molar-refractivity contribution in [1.29, 1.82) is 0 Å². The number of nitrogens with zero attached hydrogens (tertiary/aromatic N) is 1. The Morgan fingerprint density at radius 1 is 1.29 bits per heavy atom. The molecule has 0 aliphatic rings. The van der Waals surface area contributed by atoms with Gasteiger partial charge in [-0.1, -0.05) is 18.2 Å². The third-order valence-corrected chi connectivity index (χ3v) is 3.75. The number of carboxylic acid groups (broad SMARTS) is 1. The first-order valence-corrected chi connectivity index (χ1v) is 7.31. The molecule has 0 saturated carbocycles. The summed E-state index contributed by atoms with van der Waals surface area (Å²) >= 11 is 0. The van der Waals surface area contributed by atoms with Crippen LogP contribution < -0.4 is 5.32 Å². The summed E-state index contributed by atoms with van der Waals surface area (Å²) in [5, 5.41) is 11.5. The predicted octanol–water partition coefficient (Wildman–Crippen LogP) is 2.63. The zero-order valence-electron chi connectivity index (χ0n) is 12.9. The number of aryl methyl sites for hydroxylation is 1. The van der Waals surface area contributed by atoms with Crippen LogP contribution in [0, 0.1) is 0 Å². The topological polar surface area (TPSA) is 71.3 Å². The number of aromatic nitrogens is 1. The molecule has 0 radical (unpaired) electrons. The number of carbonyl (C=O) groups is 2. The van der Waals surface area contributed by atoms with Crippen molar-refractivity contribution in [2.75, 3.05) is 0 Å². The van der Waals surface area contributed by atoms with Crippen molar-refractivity contribution in [2.24, 2.45) is 7.05 Å². The van der Waals surface area contributed by atoms with E-state index in [1.54, 1.807) is 6.20 Å². The molecule has 1 unspecified atom stereocenters. The maximum absolute atomic E-state index is 12.5. The normalized spacial score (nSPS) is 13.0. The average Bonchev–Trinajstić information content (AvgIpc) is 2.80. The van der Waals surface area contributed by atoms with Gasteiger partial charge in [-0.2, -0.15) is 13.2 Å². The Kier molecular flexibility index (Phi) is 5.16. The summed E-state index contributed by atoms with van der Waals surface area (Å²) in [7, 11) is 1.81. The van der Waals surface area contributed by atoms with E-state index in [1.165, 1.54) is 0 Å². The maximum atomic E-state index is 12.5. The van der Waals surface area contributed by atoms with Gasteiger partial charge in [0.1, 0.15) is 0 Å². The van der Waals surface area contributed by atoms with Crippen molar-refractivity contribution in [3.8, 4) is 0 Å². The van der Waals surface area contributed by atoms with Crippen molar-refractivity contribution in [2.45, 2.75) is 31.5 Å². The minimum atomic E-state index is -5.00. The zero-order chi connectivity index (χ0) is 17.9. The number of para-hydroxylation sites is 1. The van der Waals surface area contributed by atoms with E-state index in [-0.39, 0.29) is 19.3 Å². The maximum Gasteiger partial charge on any atom is 0.471 e. The molecule has 0 aliphatic carbocycles. The van der Waals surface area contributed by atoms with Crippen molar-refractivity contribution in [1.82, 2.24) is 9.88 Å². The fraction of sp³-hybridized carbons (Fsp3) is 0.375. The number of benzene rings is 1. The number of halogens is 3. The first-order chi connectivity index (χ1) is 11.2. The molecule has 1 amide bonds. The summed E-state index contributed by atoms with van der Waals surface area (Å²) in [5.41, 5.74) is 1.66. The van der Waals surface area contributed by atoms with Crippen LogP contribution in [0.25, 0.3) is 10.9 Å². The zero-order valence-corrected chi connectivity index (χ0v) is 12.9. The average molecular weight is 342 g/mol. The number of hydrogen-bond acceptors (Lipinski definition) is 2. The van der Waals surface area contributed by atoms with Gasteiger partial charge in [0.05, 0.1) is 0 Å². The number of hydrogen-bond donors (Lipinski definition) is 2. The molecule has 2 rings (SSSR count). The largest absolute Gasteiger partial charge is 0.481 e. The third-order valence-electron chi connectivity index (χ3n) is 3.75. The van der Waals surface area contributed by atoms with E-state index in [4.69, 9.17) is 5.11 Å². The highest BCUT2D eigenvalue weighted by atomic mass is 19.4. The Bertz CT molecular complexity index is 753. The molecule has 2 aromatic rings. The number of rotatable bonds is 6. The fourth-order valence-corrected chi connectivity index (χ4v) is 2.64. The van der Waals surface area contributed by atoms with Crippen molar-refractivity contribution >= 4 is 22.8 Å². The van der Waals surface area contributed by atoms with E-state index in [0.717, 1.165) is 16.5 Å². The Morgan fingerprint density at radius 2 is 1.96 bits per heavy atom. The molecule has 2 N–H and O–H groups in total. The molecule has 8 heteroatoms. The predicted molar refractivity (Wildman–Crippen MR) is 81.5 cm³/mol. The number of aliphatic carboxylic acids is 1. The fourth-order valence-electron chi connectivity index (χ4n) is 2.64. The molecule has 0 fully saturated rings. The van der Waals surface area contributed by atoms with Crippen LogP contribution in [0.1, 0.15) is 18.4 Å². The highest BCUT2D eigenvalue weighted by Gasteiger charge is 2.39. The Labute approximate surface area is 136 Å². The molecule has 5 nitrogen and oxygen atoms in total. The van der Waals surface area contributed by atoms with Crippen LogP contribution in [-0.2, 0) is 23.1 Å².